The Labute approximate surface area is 193 Å². The third kappa shape index (κ3) is 6.05. The largest absolute Gasteiger partial charge is 0.508 e. The van der Waals surface area contributed by atoms with Crippen LogP contribution in [0.5, 0.6) is 5.75 Å². The summed E-state index contributed by atoms with van der Waals surface area (Å²) in [7, 11) is 1.00. The van der Waals surface area contributed by atoms with Crippen LogP contribution >= 0.6 is 11.3 Å². The summed E-state index contributed by atoms with van der Waals surface area (Å²) in [5.74, 6) is 0.755. The van der Waals surface area contributed by atoms with Gasteiger partial charge in [-0.15, -0.1) is 0 Å². The lowest BCUT2D eigenvalue weighted by Crippen LogP contribution is -2.20. The number of aliphatic hydroxyl groups excluding tert-OH is 1. The number of thiazole rings is 1. The van der Waals surface area contributed by atoms with E-state index in [2.05, 4.69) is 58.5 Å². The van der Waals surface area contributed by atoms with Crippen molar-refractivity contribution in [2.45, 2.75) is 46.6 Å². The molecule has 32 heavy (non-hydrogen) atoms. The minimum absolute atomic E-state index is 0.178. The second-order valence-electron chi connectivity index (χ2n) is 6.81. The summed E-state index contributed by atoms with van der Waals surface area (Å²) in [6.45, 7) is 8.44. The Hall–Kier alpha value is -2.97. The predicted molar refractivity (Wildman–Crippen MR) is 133 cm³/mol. The Kier molecular flexibility index (Phi) is 10.1. The number of nitrogens with one attached hydrogen (secondary N) is 1. The zero-order valence-electron chi connectivity index (χ0n) is 19.4. The number of aliphatic hydroxyl groups is 1. The number of hydrogen-bond acceptors (Lipinski definition) is 7. The zero-order valence-corrected chi connectivity index (χ0v) is 20.2. The van der Waals surface area contributed by atoms with Crippen LogP contribution in [0, 0.1) is 5.92 Å². The maximum Gasteiger partial charge on any atom is 0.188 e. The molecule has 0 bridgehead atoms. The lowest BCUT2D eigenvalue weighted by molar-refractivity contribution is 0.332. The Balaban J connectivity index is 0.000000860. The summed E-state index contributed by atoms with van der Waals surface area (Å²) in [4.78, 5) is 8.71. The van der Waals surface area contributed by atoms with Gasteiger partial charge in [-0.2, -0.15) is 5.10 Å². The molecule has 3 N–H and O–H groups in total. The lowest BCUT2D eigenvalue weighted by atomic mass is 9.89. The van der Waals surface area contributed by atoms with Gasteiger partial charge in [-0.3, -0.25) is 0 Å². The van der Waals surface area contributed by atoms with Crippen LogP contribution in [-0.2, 0) is 0 Å². The SMILES string of the molecule is CC.CCC(CC)C(c1ccc(Nc2nc3ccc(O)cc3s2)cc1)n1cncn1.CO. The van der Waals surface area contributed by atoms with Crippen LogP contribution in [0.15, 0.2) is 55.1 Å². The summed E-state index contributed by atoms with van der Waals surface area (Å²) in [5.41, 5.74) is 3.08. The molecule has 1 unspecified atom stereocenters. The standard InChI is InChI=1S/C21H23N5OS.C2H6.CH4O/c1-3-14(4-2)20(26-13-22-12-23-26)15-5-7-16(8-6-15)24-21-25-18-10-9-17(27)11-19(18)28-21;2*1-2/h5-14,20,27H,3-4H2,1-2H3,(H,24,25);1-2H3;2H,1H3. The predicted octanol–water partition coefficient (Wildman–Crippen LogP) is 6.00. The van der Waals surface area contributed by atoms with Crippen molar-refractivity contribution in [1.82, 2.24) is 19.7 Å². The van der Waals surface area contributed by atoms with E-state index in [4.69, 9.17) is 5.11 Å². The number of hydrogen-bond donors (Lipinski definition) is 3. The maximum atomic E-state index is 9.62. The normalized spacial score (nSPS) is 11.3. The summed E-state index contributed by atoms with van der Waals surface area (Å²) < 4.78 is 2.92. The highest BCUT2D eigenvalue weighted by molar-refractivity contribution is 7.22. The Morgan fingerprint density at radius 3 is 2.31 bits per heavy atom. The van der Waals surface area contributed by atoms with Crippen molar-refractivity contribution in [2.75, 3.05) is 12.4 Å². The molecule has 7 nitrogen and oxygen atoms in total. The Morgan fingerprint density at radius 2 is 1.72 bits per heavy atom. The van der Waals surface area contributed by atoms with Gasteiger partial charge in [0.15, 0.2) is 5.13 Å². The van der Waals surface area contributed by atoms with Crippen LogP contribution in [0.3, 0.4) is 0 Å². The highest BCUT2D eigenvalue weighted by atomic mass is 32.1. The zero-order chi connectivity index (χ0) is 23.5. The number of aromatic hydroxyl groups is 1. The van der Waals surface area contributed by atoms with Crippen molar-refractivity contribution in [3.05, 3.63) is 60.7 Å². The van der Waals surface area contributed by atoms with Gasteiger partial charge in [0.05, 0.1) is 16.3 Å². The number of aromatic nitrogens is 4. The third-order valence-corrected chi connectivity index (χ3v) is 6.03. The molecule has 2 aromatic carbocycles. The number of phenols is 1. The summed E-state index contributed by atoms with van der Waals surface area (Å²) >= 11 is 1.52. The van der Waals surface area contributed by atoms with E-state index in [1.807, 2.05) is 24.6 Å². The van der Waals surface area contributed by atoms with E-state index >= 15 is 0 Å². The molecule has 8 heteroatoms. The van der Waals surface area contributed by atoms with Crippen molar-refractivity contribution >= 4 is 32.4 Å². The van der Waals surface area contributed by atoms with Crippen LogP contribution in [0.2, 0.25) is 0 Å². The third-order valence-electron chi connectivity index (χ3n) is 5.09. The van der Waals surface area contributed by atoms with Gasteiger partial charge in [0.2, 0.25) is 0 Å². The fourth-order valence-corrected chi connectivity index (χ4v) is 4.51. The molecule has 0 aliphatic rings. The van der Waals surface area contributed by atoms with Gasteiger partial charge in [-0.25, -0.2) is 14.6 Å². The molecule has 0 fully saturated rings. The first-order valence-electron chi connectivity index (χ1n) is 10.9. The molecule has 172 valence electrons. The van der Waals surface area contributed by atoms with E-state index in [9.17, 15) is 5.11 Å². The van der Waals surface area contributed by atoms with Crippen molar-refractivity contribution in [2.24, 2.45) is 5.92 Å². The van der Waals surface area contributed by atoms with Gasteiger partial charge < -0.3 is 15.5 Å². The van der Waals surface area contributed by atoms with Gasteiger partial charge in [0, 0.05) is 12.8 Å². The van der Waals surface area contributed by atoms with Crippen LogP contribution < -0.4 is 5.32 Å². The molecule has 4 rings (SSSR count). The Morgan fingerprint density at radius 1 is 1.03 bits per heavy atom. The Bertz CT molecular complexity index is 1040. The minimum atomic E-state index is 0.178. The topological polar surface area (TPSA) is 96.1 Å². The quantitative estimate of drug-likeness (QED) is 0.316. The van der Waals surface area contributed by atoms with Crippen molar-refractivity contribution in [3.8, 4) is 5.75 Å². The van der Waals surface area contributed by atoms with Gasteiger partial charge in [-0.05, 0) is 41.8 Å². The van der Waals surface area contributed by atoms with Gasteiger partial charge >= 0.3 is 0 Å². The summed E-state index contributed by atoms with van der Waals surface area (Å²) in [6.07, 6.45) is 5.56. The van der Waals surface area contributed by atoms with E-state index in [-0.39, 0.29) is 11.8 Å². The fraction of sp³-hybridized carbons (Fsp3) is 0.375. The molecule has 4 aromatic rings. The van der Waals surface area contributed by atoms with Gasteiger partial charge in [-0.1, -0.05) is 64.0 Å². The van der Waals surface area contributed by atoms with Crippen LogP contribution in [-0.4, -0.2) is 37.1 Å². The molecule has 2 aromatic heterocycles. The fourth-order valence-electron chi connectivity index (χ4n) is 3.59. The monoisotopic (exact) mass is 455 g/mol. The van der Waals surface area contributed by atoms with E-state index in [0.29, 0.717) is 5.92 Å². The maximum absolute atomic E-state index is 9.62. The number of phenolic OH excluding ortho intramolecular Hbond substituents is 1. The van der Waals surface area contributed by atoms with Gasteiger partial charge in [0.1, 0.15) is 18.4 Å². The highest BCUT2D eigenvalue weighted by Crippen LogP contribution is 2.33. The van der Waals surface area contributed by atoms with E-state index in [1.54, 1.807) is 24.8 Å². The number of fused-ring (bicyclic) bond motifs is 1. The molecular formula is C24H33N5O2S. The number of benzene rings is 2. The second kappa shape index (κ2) is 12.8. The average Bonchev–Trinajstić information content (AvgIpc) is 3.50. The summed E-state index contributed by atoms with van der Waals surface area (Å²) in [6, 6.07) is 13.8. The van der Waals surface area contributed by atoms with Gasteiger partial charge in [0.25, 0.3) is 0 Å². The highest BCUT2D eigenvalue weighted by Gasteiger charge is 2.23. The van der Waals surface area contributed by atoms with E-state index in [1.165, 1.54) is 16.9 Å². The minimum Gasteiger partial charge on any atom is -0.508 e. The molecule has 2 heterocycles. The molecule has 1 atom stereocenters. The number of nitrogens with zero attached hydrogens (tertiary/aromatic N) is 4. The van der Waals surface area contributed by atoms with E-state index in [0.717, 1.165) is 41.0 Å². The molecular weight excluding hydrogens is 422 g/mol. The number of anilines is 2. The first-order valence-corrected chi connectivity index (χ1v) is 11.7. The molecule has 0 radical (unpaired) electrons. The molecule has 0 amide bonds. The second-order valence-corrected chi connectivity index (χ2v) is 7.85. The first kappa shape index (κ1) is 25.3. The lowest BCUT2D eigenvalue weighted by Gasteiger charge is -2.26. The van der Waals surface area contributed by atoms with Crippen LogP contribution in [0.4, 0.5) is 10.8 Å². The van der Waals surface area contributed by atoms with Crippen molar-refractivity contribution in [1.29, 1.82) is 0 Å². The average molecular weight is 456 g/mol. The van der Waals surface area contributed by atoms with Crippen molar-refractivity contribution < 1.29 is 10.2 Å². The molecule has 0 aliphatic heterocycles. The van der Waals surface area contributed by atoms with Crippen LogP contribution in [0.25, 0.3) is 10.2 Å². The molecule has 0 spiro atoms. The number of rotatable bonds is 7. The van der Waals surface area contributed by atoms with Crippen molar-refractivity contribution in [3.63, 3.8) is 0 Å². The molecule has 0 saturated carbocycles. The van der Waals surface area contributed by atoms with Crippen LogP contribution in [0.1, 0.15) is 52.1 Å². The smallest absolute Gasteiger partial charge is 0.188 e. The van der Waals surface area contributed by atoms with E-state index < -0.39 is 0 Å². The first-order chi connectivity index (χ1) is 15.7. The molecule has 0 aliphatic carbocycles. The molecule has 0 saturated heterocycles. The summed E-state index contributed by atoms with van der Waals surface area (Å²) in [5, 5.41) is 25.2.